The number of hydrogen-bond acceptors (Lipinski definition) is 5. The number of rotatable bonds is 3. The molecule has 0 N–H and O–H groups in total. The number of hydrogen-bond donors (Lipinski definition) is 0. The van der Waals surface area contributed by atoms with Crippen molar-refractivity contribution in [2.24, 2.45) is 0 Å². The van der Waals surface area contributed by atoms with Gasteiger partial charge in [-0.1, -0.05) is 12.1 Å². The van der Waals surface area contributed by atoms with Crippen LogP contribution in [-0.2, 0) is 0 Å². The number of carbonyl (C=O) groups excluding carboxylic acids is 1. The topological polar surface area (TPSA) is 54.0 Å². The van der Waals surface area contributed by atoms with E-state index in [-0.39, 0.29) is 0 Å². The van der Waals surface area contributed by atoms with Gasteiger partial charge in [-0.3, -0.25) is 0 Å². The Kier molecular flexibility index (Phi) is 3.90. The summed E-state index contributed by atoms with van der Waals surface area (Å²) in [6, 6.07) is 16.3. The zero-order valence-corrected chi connectivity index (χ0v) is 13.7. The quantitative estimate of drug-likeness (QED) is 0.537. The lowest BCUT2D eigenvalue weighted by atomic mass is 10.1. The molecule has 0 spiro atoms. The Labute approximate surface area is 144 Å². The molecule has 5 nitrogen and oxygen atoms in total. The van der Waals surface area contributed by atoms with Gasteiger partial charge in [0.2, 0.25) is 0 Å². The van der Waals surface area contributed by atoms with E-state index in [1.807, 2.05) is 30.3 Å². The van der Waals surface area contributed by atoms with E-state index >= 15 is 0 Å². The fourth-order valence-corrected chi connectivity index (χ4v) is 2.73. The van der Waals surface area contributed by atoms with Gasteiger partial charge in [-0.15, -0.1) is 0 Å². The molecule has 5 heteroatoms. The van der Waals surface area contributed by atoms with Gasteiger partial charge < -0.3 is 18.9 Å². The van der Waals surface area contributed by atoms with Gasteiger partial charge in [0.1, 0.15) is 24.7 Å². The molecule has 0 atom stereocenters. The average Bonchev–Trinajstić information content (AvgIpc) is 2.67. The second kappa shape index (κ2) is 6.36. The number of methoxy groups -OCH3 is 1. The van der Waals surface area contributed by atoms with E-state index in [4.69, 9.17) is 18.9 Å². The third-order valence-corrected chi connectivity index (χ3v) is 4.01. The van der Waals surface area contributed by atoms with Crippen LogP contribution in [0, 0.1) is 0 Å². The van der Waals surface area contributed by atoms with Crippen molar-refractivity contribution in [3.63, 3.8) is 0 Å². The lowest BCUT2D eigenvalue weighted by Crippen LogP contribution is -2.16. The summed E-state index contributed by atoms with van der Waals surface area (Å²) in [4.78, 5) is 12.4. The van der Waals surface area contributed by atoms with Crippen LogP contribution in [0.15, 0.2) is 54.6 Å². The van der Waals surface area contributed by atoms with E-state index in [0.29, 0.717) is 36.0 Å². The molecule has 1 aliphatic heterocycles. The van der Waals surface area contributed by atoms with Gasteiger partial charge in [-0.2, -0.15) is 0 Å². The fourth-order valence-electron chi connectivity index (χ4n) is 2.73. The van der Waals surface area contributed by atoms with Crippen LogP contribution in [-0.4, -0.2) is 26.3 Å². The predicted molar refractivity (Wildman–Crippen MR) is 92.9 cm³/mol. The summed E-state index contributed by atoms with van der Waals surface area (Å²) in [5.41, 5.74) is 0.412. The van der Waals surface area contributed by atoms with Crippen LogP contribution in [0.1, 0.15) is 10.4 Å². The molecule has 0 aromatic heterocycles. The highest BCUT2D eigenvalue weighted by atomic mass is 16.6. The number of esters is 1. The van der Waals surface area contributed by atoms with Gasteiger partial charge in [0.15, 0.2) is 11.5 Å². The standard InChI is InChI=1S/C20H16O5/c1-22-16-5-2-13-3-6-17(11-15(13)10-16)25-20(21)14-4-7-18-19(12-14)24-9-8-23-18/h2-7,10-12H,8-9H2,1H3. The van der Waals surface area contributed by atoms with Crippen molar-refractivity contribution >= 4 is 16.7 Å². The monoisotopic (exact) mass is 336 g/mol. The van der Waals surface area contributed by atoms with E-state index in [9.17, 15) is 4.79 Å². The molecule has 0 radical (unpaired) electrons. The molecule has 1 aliphatic rings. The highest BCUT2D eigenvalue weighted by molar-refractivity contribution is 5.93. The molecule has 3 aromatic rings. The summed E-state index contributed by atoms with van der Waals surface area (Å²) < 4.78 is 21.7. The average molecular weight is 336 g/mol. The van der Waals surface area contributed by atoms with Gasteiger partial charge in [0.05, 0.1) is 12.7 Å². The van der Waals surface area contributed by atoms with Gasteiger partial charge in [-0.05, 0) is 53.2 Å². The Hall–Kier alpha value is -3.21. The van der Waals surface area contributed by atoms with Crippen LogP contribution in [0.3, 0.4) is 0 Å². The highest BCUT2D eigenvalue weighted by Gasteiger charge is 2.16. The Morgan fingerprint density at radius 1 is 0.840 bits per heavy atom. The number of benzene rings is 3. The molecule has 0 bridgehead atoms. The molecule has 1 heterocycles. The normalized spacial score (nSPS) is 12.7. The molecule has 3 aromatic carbocycles. The summed E-state index contributed by atoms with van der Waals surface area (Å²) in [7, 11) is 1.62. The largest absolute Gasteiger partial charge is 0.497 e. The number of fused-ring (bicyclic) bond motifs is 2. The highest BCUT2D eigenvalue weighted by Crippen LogP contribution is 2.31. The van der Waals surface area contributed by atoms with Gasteiger partial charge >= 0.3 is 5.97 Å². The van der Waals surface area contributed by atoms with E-state index in [0.717, 1.165) is 16.5 Å². The minimum Gasteiger partial charge on any atom is -0.497 e. The molecule has 126 valence electrons. The van der Waals surface area contributed by atoms with Gasteiger partial charge in [0, 0.05) is 0 Å². The Morgan fingerprint density at radius 2 is 1.56 bits per heavy atom. The molecular weight excluding hydrogens is 320 g/mol. The predicted octanol–water partition coefficient (Wildman–Crippen LogP) is 3.84. The van der Waals surface area contributed by atoms with Gasteiger partial charge in [0.25, 0.3) is 0 Å². The van der Waals surface area contributed by atoms with Crippen LogP contribution in [0.2, 0.25) is 0 Å². The van der Waals surface area contributed by atoms with E-state index in [1.165, 1.54) is 0 Å². The van der Waals surface area contributed by atoms with Gasteiger partial charge in [-0.25, -0.2) is 4.79 Å². The Bertz CT molecular complexity index is 948. The van der Waals surface area contributed by atoms with Crippen molar-refractivity contribution in [3.8, 4) is 23.0 Å². The van der Waals surface area contributed by atoms with Crippen LogP contribution < -0.4 is 18.9 Å². The molecule has 25 heavy (non-hydrogen) atoms. The first kappa shape index (κ1) is 15.3. The second-order valence-electron chi connectivity index (χ2n) is 5.62. The first-order chi connectivity index (χ1) is 12.2. The first-order valence-electron chi connectivity index (χ1n) is 7.92. The van der Waals surface area contributed by atoms with Crippen molar-refractivity contribution in [2.75, 3.05) is 20.3 Å². The van der Waals surface area contributed by atoms with Crippen molar-refractivity contribution in [1.82, 2.24) is 0 Å². The summed E-state index contributed by atoms with van der Waals surface area (Å²) in [6.07, 6.45) is 0. The SMILES string of the molecule is COc1ccc2ccc(OC(=O)c3ccc4c(c3)OCCO4)cc2c1. The smallest absolute Gasteiger partial charge is 0.343 e. The zero-order chi connectivity index (χ0) is 17.2. The fraction of sp³-hybridized carbons (Fsp3) is 0.150. The van der Waals surface area contributed by atoms with E-state index in [1.54, 1.807) is 31.4 Å². The summed E-state index contributed by atoms with van der Waals surface area (Å²) in [5.74, 6) is 1.98. The van der Waals surface area contributed by atoms with Crippen LogP contribution >= 0.6 is 0 Å². The summed E-state index contributed by atoms with van der Waals surface area (Å²) in [6.45, 7) is 0.982. The maximum atomic E-state index is 12.4. The van der Waals surface area contributed by atoms with Crippen molar-refractivity contribution in [2.45, 2.75) is 0 Å². The second-order valence-corrected chi connectivity index (χ2v) is 5.62. The molecule has 0 unspecified atom stereocenters. The zero-order valence-electron chi connectivity index (χ0n) is 13.7. The maximum absolute atomic E-state index is 12.4. The maximum Gasteiger partial charge on any atom is 0.343 e. The third kappa shape index (κ3) is 3.08. The van der Waals surface area contributed by atoms with Crippen LogP contribution in [0.25, 0.3) is 10.8 Å². The molecular formula is C20H16O5. The third-order valence-electron chi connectivity index (χ3n) is 4.01. The molecule has 0 amide bonds. The van der Waals surface area contributed by atoms with E-state index in [2.05, 4.69) is 0 Å². The molecule has 0 fully saturated rings. The number of carbonyl (C=O) groups is 1. The molecule has 0 saturated carbocycles. The van der Waals surface area contributed by atoms with Crippen molar-refractivity contribution < 1.29 is 23.7 Å². The van der Waals surface area contributed by atoms with Crippen LogP contribution in [0.4, 0.5) is 0 Å². The molecule has 0 saturated heterocycles. The number of ether oxygens (including phenoxy) is 4. The first-order valence-corrected chi connectivity index (χ1v) is 7.92. The van der Waals surface area contributed by atoms with Crippen molar-refractivity contribution in [1.29, 1.82) is 0 Å². The molecule has 0 aliphatic carbocycles. The molecule has 4 rings (SSSR count). The minimum atomic E-state index is -0.445. The minimum absolute atomic E-state index is 0.412. The lowest BCUT2D eigenvalue weighted by molar-refractivity contribution is 0.0734. The Morgan fingerprint density at radius 3 is 2.36 bits per heavy atom. The lowest BCUT2D eigenvalue weighted by Gasteiger charge is -2.18. The van der Waals surface area contributed by atoms with Crippen LogP contribution in [0.5, 0.6) is 23.0 Å². The summed E-state index contributed by atoms with van der Waals surface area (Å²) >= 11 is 0. The Balaban J connectivity index is 1.58. The summed E-state index contributed by atoms with van der Waals surface area (Å²) in [5, 5.41) is 1.98. The van der Waals surface area contributed by atoms with Crippen molar-refractivity contribution in [3.05, 3.63) is 60.2 Å². The van der Waals surface area contributed by atoms with E-state index < -0.39 is 5.97 Å².